The van der Waals surface area contributed by atoms with Crippen LogP contribution in [0.25, 0.3) is 11.2 Å². The van der Waals surface area contributed by atoms with Crippen LogP contribution in [0.4, 0.5) is 5.82 Å². The van der Waals surface area contributed by atoms with Gasteiger partial charge < -0.3 is 35.8 Å². The van der Waals surface area contributed by atoms with Gasteiger partial charge in [0, 0.05) is 32.1 Å². The van der Waals surface area contributed by atoms with Gasteiger partial charge in [-0.3, -0.25) is 14.2 Å². The number of hydrogen-bond donors (Lipinski definition) is 5. The maximum atomic E-state index is 13.5. The van der Waals surface area contributed by atoms with Crippen LogP contribution in [0.2, 0.25) is 0 Å². The van der Waals surface area contributed by atoms with Gasteiger partial charge in [-0.1, -0.05) is 67.1 Å². The molecular weight excluding hydrogens is 600 g/mol. The molecule has 4 aromatic rings. The number of rotatable bonds is 12. The Morgan fingerprint density at radius 1 is 0.936 bits per heavy atom. The molecule has 2 amide bonds. The lowest BCUT2D eigenvalue weighted by Crippen LogP contribution is -2.42. The van der Waals surface area contributed by atoms with Gasteiger partial charge in [0.2, 0.25) is 5.82 Å². The number of likely N-dealkylation sites (N-methyl/N-ethyl adjacent to an activating group) is 1. The third kappa shape index (κ3) is 7.28. The minimum atomic E-state index is -1.47. The Morgan fingerprint density at radius 3 is 2.28 bits per heavy atom. The standard InChI is InChI=1S/C34H42N8O5/c1-2-35-32(45)28-26(43)27(44)34(47-28)42-21-38-25-29(37-20-24(22-12-6-3-7-13-22)23-14-8-4-9-15-23)39-30(40-31(25)42)33(46)36-16-19-41-17-10-5-11-18-41/h3-4,6-9,12-15,21,24,26-28,34,43-44H,2,5,10-11,16-20H2,1H3,(H,35,45)(H,36,46)(H,37,39,40)/t26-,27-,28-,34+/m0/s1. The van der Waals surface area contributed by atoms with E-state index in [1.165, 1.54) is 17.3 Å². The normalized spacial score (nSPS) is 21.6. The summed E-state index contributed by atoms with van der Waals surface area (Å²) in [4.78, 5) is 42.1. The first-order valence-electron chi connectivity index (χ1n) is 16.3. The number of imidazole rings is 1. The molecule has 0 aliphatic carbocycles. The van der Waals surface area contributed by atoms with Gasteiger partial charge in [-0.2, -0.15) is 0 Å². The molecule has 2 aliphatic heterocycles. The number of benzene rings is 2. The number of anilines is 1. The molecule has 2 aromatic carbocycles. The smallest absolute Gasteiger partial charge is 0.289 e. The number of aliphatic hydroxyl groups is 2. The molecule has 0 bridgehead atoms. The van der Waals surface area contributed by atoms with Crippen LogP contribution in [-0.4, -0.2) is 104 Å². The van der Waals surface area contributed by atoms with Crippen molar-refractivity contribution in [3.8, 4) is 0 Å². The van der Waals surface area contributed by atoms with Gasteiger partial charge in [0.15, 0.2) is 29.3 Å². The number of nitrogens with zero attached hydrogens (tertiary/aromatic N) is 5. The number of aromatic nitrogens is 4. The van der Waals surface area contributed by atoms with Crippen LogP contribution in [0, 0.1) is 0 Å². The minimum absolute atomic E-state index is 0.0423. The van der Waals surface area contributed by atoms with Crippen LogP contribution in [0.5, 0.6) is 0 Å². The molecule has 13 nitrogen and oxygen atoms in total. The number of piperidine rings is 1. The van der Waals surface area contributed by atoms with Crippen molar-refractivity contribution in [1.29, 1.82) is 0 Å². The lowest BCUT2D eigenvalue weighted by atomic mass is 9.91. The quantitative estimate of drug-likeness (QED) is 0.154. The van der Waals surface area contributed by atoms with E-state index in [4.69, 9.17) is 4.74 Å². The highest BCUT2D eigenvalue weighted by molar-refractivity contribution is 5.94. The number of likely N-dealkylation sites (tertiary alicyclic amines) is 1. The Kier molecular flexibility index (Phi) is 10.4. The molecule has 4 heterocycles. The number of ether oxygens (including phenoxy) is 1. The first-order chi connectivity index (χ1) is 22.9. The summed E-state index contributed by atoms with van der Waals surface area (Å²) in [6, 6.07) is 20.2. The Balaban J connectivity index is 1.31. The Bertz CT molecular complexity index is 1610. The third-order valence-corrected chi connectivity index (χ3v) is 8.79. The molecule has 6 rings (SSSR count). The molecule has 248 valence electrons. The summed E-state index contributed by atoms with van der Waals surface area (Å²) in [5, 5.41) is 30.6. The second-order valence-electron chi connectivity index (χ2n) is 12.0. The van der Waals surface area contributed by atoms with Crippen LogP contribution in [0.1, 0.15) is 60.1 Å². The Morgan fingerprint density at radius 2 is 1.62 bits per heavy atom. The highest BCUT2D eigenvalue weighted by atomic mass is 16.6. The molecule has 5 N–H and O–H groups in total. The topological polar surface area (TPSA) is 167 Å². The predicted octanol–water partition coefficient (Wildman–Crippen LogP) is 2.04. The van der Waals surface area contributed by atoms with Gasteiger partial charge >= 0.3 is 0 Å². The van der Waals surface area contributed by atoms with Crippen molar-refractivity contribution in [3.63, 3.8) is 0 Å². The number of hydrogen-bond acceptors (Lipinski definition) is 10. The summed E-state index contributed by atoms with van der Waals surface area (Å²) >= 11 is 0. The number of carbonyl (C=O) groups excluding carboxylic acids is 2. The first kappa shape index (κ1) is 32.5. The van der Waals surface area contributed by atoms with Gasteiger partial charge in [0.25, 0.3) is 11.8 Å². The molecule has 0 unspecified atom stereocenters. The number of aliphatic hydroxyl groups excluding tert-OH is 2. The van der Waals surface area contributed by atoms with Crippen molar-refractivity contribution in [1.82, 2.24) is 35.1 Å². The van der Waals surface area contributed by atoms with Gasteiger partial charge in [-0.25, -0.2) is 15.0 Å². The van der Waals surface area contributed by atoms with Crippen LogP contribution in [0.15, 0.2) is 67.0 Å². The molecule has 0 spiro atoms. The third-order valence-electron chi connectivity index (χ3n) is 8.79. The zero-order valence-corrected chi connectivity index (χ0v) is 26.5. The van der Waals surface area contributed by atoms with Crippen LogP contribution in [-0.2, 0) is 9.53 Å². The number of amides is 2. The number of fused-ring (bicyclic) bond motifs is 1. The number of carbonyl (C=O) groups is 2. The predicted molar refractivity (Wildman–Crippen MR) is 176 cm³/mol. The lowest BCUT2D eigenvalue weighted by Gasteiger charge is -2.26. The summed E-state index contributed by atoms with van der Waals surface area (Å²) in [6.45, 7) is 5.73. The fraction of sp³-hybridized carbons (Fsp3) is 0.441. The monoisotopic (exact) mass is 642 g/mol. The average Bonchev–Trinajstić information content (AvgIpc) is 3.66. The molecule has 47 heavy (non-hydrogen) atoms. The van der Waals surface area contributed by atoms with Crippen molar-refractivity contribution >= 4 is 28.8 Å². The van der Waals surface area contributed by atoms with Crippen molar-refractivity contribution in [2.75, 3.05) is 44.6 Å². The second-order valence-corrected chi connectivity index (χ2v) is 12.0. The molecule has 2 aromatic heterocycles. The van der Waals surface area contributed by atoms with Crippen molar-refractivity contribution in [3.05, 3.63) is 83.9 Å². The fourth-order valence-corrected chi connectivity index (χ4v) is 6.30. The van der Waals surface area contributed by atoms with E-state index >= 15 is 0 Å². The van der Waals surface area contributed by atoms with Gasteiger partial charge in [-0.15, -0.1) is 0 Å². The van der Waals surface area contributed by atoms with Crippen molar-refractivity contribution in [2.45, 2.75) is 56.6 Å². The zero-order chi connectivity index (χ0) is 32.8. The maximum Gasteiger partial charge on any atom is 0.289 e. The highest BCUT2D eigenvalue weighted by Gasteiger charge is 2.47. The molecule has 2 saturated heterocycles. The fourth-order valence-electron chi connectivity index (χ4n) is 6.30. The van der Waals surface area contributed by atoms with Gasteiger partial charge in [-0.05, 0) is 44.0 Å². The van der Waals surface area contributed by atoms with Crippen molar-refractivity contribution < 1.29 is 24.5 Å². The summed E-state index contributed by atoms with van der Waals surface area (Å²) in [5.41, 5.74) is 2.77. The Hall–Kier alpha value is -4.43. The zero-order valence-electron chi connectivity index (χ0n) is 26.5. The van der Waals surface area contributed by atoms with Crippen LogP contribution >= 0.6 is 0 Å². The van der Waals surface area contributed by atoms with E-state index in [1.54, 1.807) is 6.92 Å². The molecular formula is C34H42N8O5. The highest BCUT2D eigenvalue weighted by Crippen LogP contribution is 2.33. The molecule has 2 fully saturated rings. The van der Waals surface area contributed by atoms with Gasteiger partial charge in [0.05, 0.1) is 6.33 Å². The van der Waals surface area contributed by atoms with E-state index in [9.17, 15) is 19.8 Å². The maximum absolute atomic E-state index is 13.5. The van der Waals surface area contributed by atoms with E-state index in [0.717, 1.165) is 43.6 Å². The molecule has 4 atom stereocenters. The summed E-state index contributed by atoms with van der Waals surface area (Å²) < 4.78 is 7.30. The molecule has 13 heteroatoms. The molecule has 0 radical (unpaired) electrons. The summed E-state index contributed by atoms with van der Waals surface area (Å²) in [7, 11) is 0. The van der Waals surface area contributed by atoms with E-state index in [-0.39, 0.29) is 17.4 Å². The minimum Gasteiger partial charge on any atom is -0.387 e. The summed E-state index contributed by atoms with van der Waals surface area (Å²) in [5.74, 6) is -0.774. The average molecular weight is 643 g/mol. The van der Waals surface area contributed by atoms with E-state index in [2.05, 4.69) is 60.1 Å². The SMILES string of the molecule is CCNC(=O)[C@H]1O[C@@H](n2cnc3c(NCC(c4ccccc4)c4ccccc4)nc(C(=O)NCCN4CCCCC4)nc32)[C@@H](O)[C@@H]1O. The molecule has 0 saturated carbocycles. The van der Waals surface area contributed by atoms with E-state index in [0.29, 0.717) is 31.0 Å². The van der Waals surface area contributed by atoms with E-state index in [1.807, 2.05) is 36.4 Å². The van der Waals surface area contributed by atoms with Gasteiger partial charge in [0.1, 0.15) is 12.2 Å². The van der Waals surface area contributed by atoms with Crippen LogP contribution in [0.3, 0.4) is 0 Å². The largest absolute Gasteiger partial charge is 0.387 e. The van der Waals surface area contributed by atoms with E-state index < -0.39 is 36.4 Å². The summed E-state index contributed by atoms with van der Waals surface area (Å²) in [6.07, 6.45) is -0.434. The lowest BCUT2D eigenvalue weighted by molar-refractivity contribution is -0.137. The number of nitrogens with one attached hydrogen (secondary N) is 3. The van der Waals surface area contributed by atoms with Crippen molar-refractivity contribution in [2.24, 2.45) is 0 Å². The Labute approximate surface area is 273 Å². The second kappa shape index (κ2) is 15.0. The first-order valence-corrected chi connectivity index (χ1v) is 16.3. The van der Waals surface area contributed by atoms with Crippen LogP contribution < -0.4 is 16.0 Å². The molecule has 2 aliphatic rings.